The van der Waals surface area contributed by atoms with Gasteiger partial charge in [0, 0.05) is 6.07 Å². The summed E-state index contributed by atoms with van der Waals surface area (Å²) in [5, 5.41) is 10.8. The number of halogens is 1. The first-order valence-corrected chi connectivity index (χ1v) is 4.93. The minimum atomic E-state index is -0.617. The number of nitrogens with zero attached hydrogens (tertiary/aromatic N) is 1. The second-order valence-electron chi connectivity index (χ2n) is 3.45. The third kappa shape index (κ3) is 2.23. The molecule has 2 aromatic carbocycles. The van der Waals surface area contributed by atoms with E-state index in [9.17, 15) is 14.6 Å². The van der Waals surface area contributed by atoms with Crippen molar-refractivity contribution in [3.05, 3.63) is 58.6 Å². The van der Waals surface area contributed by atoms with Crippen LogP contribution in [0.5, 0.6) is 0 Å². The third-order valence-electron chi connectivity index (χ3n) is 2.40. The monoisotopic (exact) mass is 232 g/mol. The molecular formula is C12H9FN2O2. The van der Waals surface area contributed by atoms with Crippen molar-refractivity contribution in [2.75, 3.05) is 5.54 Å². The molecule has 0 radical (unpaired) electrons. The van der Waals surface area contributed by atoms with Gasteiger partial charge in [-0.15, -0.1) is 4.48 Å². The number of hydrogen-bond donors (Lipinski definition) is 1. The van der Waals surface area contributed by atoms with Gasteiger partial charge in [0.2, 0.25) is 0 Å². The van der Waals surface area contributed by atoms with E-state index in [-0.39, 0.29) is 11.4 Å². The molecule has 0 unspecified atom stereocenters. The highest BCUT2D eigenvalue weighted by atomic mass is 19.2. The van der Waals surface area contributed by atoms with Crippen LogP contribution in [-0.4, -0.2) is 4.92 Å². The summed E-state index contributed by atoms with van der Waals surface area (Å²) in [5.74, 6) is 0. The predicted molar refractivity (Wildman–Crippen MR) is 63.3 cm³/mol. The Balaban J connectivity index is 2.51. The molecule has 0 spiro atoms. The fraction of sp³-hybridized carbons (Fsp3) is 0. The summed E-state index contributed by atoms with van der Waals surface area (Å²) in [4.78, 5) is 10.1. The normalized spacial score (nSPS) is 9.94. The van der Waals surface area contributed by atoms with E-state index in [1.807, 2.05) is 30.3 Å². The van der Waals surface area contributed by atoms with Crippen LogP contribution in [0.25, 0.3) is 11.1 Å². The standard InChI is InChI=1S/C12H9FN2O2/c13-14-11-7-6-10(8-12(11)15(16)17)9-4-2-1-3-5-9/h1-8,14H. The van der Waals surface area contributed by atoms with Crippen LogP contribution in [0, 0.1) is 10.1 Å². The van der Waals surface area contributed by atoms with E-state index in [1.54, 1.807) is 6.07 Å². The minimum absolute atomic E-state index is 0.144. The lowest BCUT2D eigenvalue weighted by atomic mass is 10.0. The van der Waals surface area contributed by atoms with Crippen LogP contribution < -0.4 is 5.54 Å². The number of hydrogen-bond acceptors (Lipinski definition) is 3. The Morgan fingerprint density at radius 2 is 1.76 bits per heavy atom. The summed E-state index contributed by atoms with van der Waals surface area (Å²) in [5.41, 5.74) is 2.41. The largest absolute Gasteiger partial charge is 0.295 e. The molecule has 86 valence electrons. The van der Waals surface area contributed by atoms with Gasteiger partial charge in [-0.2, -0.15) is 0 Å². The molecule has 0 bridgehead atoms. The second kappa shape index (κ2) is 4.61. The zero-order valence-corrected chi connectivity index (χ0v) is 8.76. The third-order valence-corrected chi connectivity index (χ3v) is 2.40. The number of anilines is 1. The maximum atomic E-state index is 12.3. The predicted octanol–water partition coefficient (Wildman–Crippen LogP) is 3.56. The van der Waals surface area contributed by atoms with Crippen LogP contribution in [0.15, 0.2) is 48.5 Å². The summed E-state index contributed by atoms with van der Waals surface area (Å²) >= 11 is 0. The number of benzene rings is 2. The molecule has 0 fully saturated rings. The maximum Gasteiger partial charge on any atom is 0.295 e. The second-order valence-corrected chi connectivity index (χ2v) is 3.45. The highest BCUT2D eigenvalue weighted by Crippen LogP contribution is 2.30. The molecule has 0 heterocycles. The highest BCUT2D eigenvalue weighted by molar-refractivity contribution is 5.72. The van der Waals surface area contributed by atoms with Gasteiger partial charge in [-0.1, -0.05) is 36.4 Å². The SMILES string of the molecule is O=[N+]([O-])c1cc(-c2ccccc2)ccc1NF. The molecule has 5 heteroatoms. The first-order chi connectivity index (χ1) is 8.22. The van der Waals surface area contributed by atoms with Crippen molar-refractivity contribution in [3.63, 3.8) is 0 Å². The summed E-state index contributed by atoms with van der Waals surface area (Å²) in [6, 6.07) is 13.5. The average Bonchev–Trinajstić information content (AvgIpc) is 2.39. The minimum Gasteiger partial charge on any atom is -0.258 e. The number of rotatable bonds is 3. The summed E-state index contributed by atoms with van der Waals surface area (Å²) < 4.78 is 12.3. The van der Waals surface area contributed by atoms with Crippen molar-refractivity contribution in [2.24, 2.45) is 0 Å². The first kappa shape index (κ1) is 11.1. The molecule has 17 heavy (non-hydrogen) atoms. The van der Waals surface area contributed by atoms with Gasteiger partial charge < -0.3 is 0 Å². The van der Waals surface area contributed by atoms with Gasteiger partial charge in [-0.05, 0) is 17.2 Å². The van der Waals surface area contributed by atoms with Gasteiger partial charge >= 0.3 is 0 Å². The van der Waals surface area contributed by atoms with Crippen LogP contribution in [0.4, 0.5) is 15.9 Å². The van der Waals surface area contributed by atoms with E-state index in [2.05, 4.69) is 0 Å². The fourth-order valence-corrected chi connectivity index (χ4v) is 1.57. The molecule has 0 saturated carbocycles. The topological polar surface area (TPSA) is 55.2 Å². The molecule has 0 atom stereocenters. The Labute approximate surface area is 96.8 Å². The van der Waals surface area contributed by atoms with Crippen molar-refractivity contribution in [1.29, 1.82) is 0 Å². The van der Waals surface area contributed by atoms with E-state index in [0.717, 1.165) is 5.56 Å². The summed E-state index contributed by atoms with van der Waals surface area (Å²) in [6.07, 6.45) is 0. The molecule has 0 aromatic heterocycles. The quantitative estimate of drug-likeness (QED) is 0.500. The fourth-order valence-electron chi connectivity index (χ4n) is 1.57. The van der Waals surface area contributed by atoms with Crippen LogP contribution in [0.3, 0.4) is 0 Å². The van der Waals surface area contributed by atoms with Gasteiger partial charge in [-0.3, -0.25) is 10.1 Å². The van der Waals surface area contributed by atoms with E-state index in [4.69, 9.17) is 0 Å². The number of nitrogens with one attached hydrogen (secondary N) is 1. The summed E-state index contributed by atoms with van der Waals surface area (Å²) in [7, 11) is 0. The molecule has 2 aromatic rings. The molecule has 0 amide bonds. The van der Waals surface area contributed by atoms with Crippen molar-refractivity contribution >= 4 is 11.4 Å². The van der Waals surface area contributed by atoms with Gasteiger partial charge in [-0.25, -0.2) is 5.54 Å². The van der Waals surface area contributed by atoms with Gasteiger partial charge in [0.25, 0.3) is 5.69 Å². The lowest BCUT2D eigenvalue weighted by Crippen LogP contribution is -1.94. The smallest absolute Gasteiger partial charge is 0.258 e. The van der Waals surface area contributed by atoms with Crippen molar-refractivity contribution < 1.29 is 9.40 Å². The lowest BCUT2D eigenvalue weighted by molar-refractivity contribution is -0.384. The van der Waals surface area contributed by atoms with E-state index >= 15 is 0 Å². The molecule has 0 saturated heterocycles. The molecule has 0 aliphatic rings. The van der Waals surface area contributed by atoms with Crippen LogP contribution in [0.1, 0.15) is 0 Å². The molecule has 4 nitrogen and oxygen atoms in total. The molecule has 0 aliphatic heterocycles. The molecular weight excluding hydrogens is 223 g/mol. The van der Waals surface area contributed by atoms with Gasteiger partial charge in [0.15, 0.2) is 0 Å². The van der Waals surface area contributed by atoms with E-state index < -0.39 is 4.92 Å². The van der Waals surface area contributed by atoms with Gasteiger partial charge in [0.05, 0.1) is 4.92 Å². The van der Waals surface area contributed by atoms with Gasteiger partial charge in [0.1, 0.15) is 5.69 Å². The van der Waals surface area contributed by atoms with E-state index in [1.165, 1.54) is 17.7 Å². The van der Waals surface area contributed by atoms with E-state index in [0.29, 0.717) is 5.56 Å². The van der Waals surface area contributed by atoms with Crippen molar-refractivity contribution in [1.82, 2.24) is 0 Å². The number of nitro groups is 1. The van der Waals surface area contributed by atoms with Crippen molar-refractivity contribution in [2.45, 2.75) is 0 Å². The maximum absolute atomic E-state index is 12.3. The Morgan fingerprint density at radius 1 is 1.06 bits per heavy atom. The van der Waals surface area contributed by atoms with Crippen LogP contribution in [-0.2, 0) is 0 Å². The molecule has 0 aliphatic carbocycles. The van der Waals surface area contributed by atoms with Crippen LogP contribution >= 0.6 is 0 Å². The zero-order chi connectivity index (χ0) is 12.3. The first-order valence-electron chi connectivity index (χ1n) is 4.93. The van der Waals surface area contributed by atoms with Crippen LogP contribution in [0.2, 0.25) is 0 Å². The van der Waals surface area contributed by atoms with Crippen molar-refractivity contribution in [3.8, 4) is 11.1 Å². The Morgan fingerprint density at radius 3 is 2.35 bits per heavy atom. The highest BCUT2D eigenvalue weighted by Gasteiger charge is 2.14. The molecule has 2 rings (SSSR count). The Bertz CT molecular complexity index is 543. The zero-order valence-electron chi connectivity index (χ0n) is 8.76. The Kier molecular flexibility index (Phi) is 3.00. The average molecular weight is 232 g/mol. The Hall–Kier alpha value is -2.43. The lowest BCUT2D eigenvalue weighted by Gasteiger charge is -2.04. The number of nitro benzene ring substituents is 1. The molecule has 1 N–H and O–H groups in total. The summed E-state index contributed by atoms with van der Waals surface area (Å²) in [6.45, 7) is 0.